The van der Waals surface area contributed by atoms with Gasteiger partial charge < -0.3 is 15.3 Å². The summed E-state index contributed by atoms with van der Waals surface area (Å²) in [5.41, 5.74) is 2.74. The second-order valence-electron chi connectivity index (χ2n) is 5.35. The van der Waals surface area contributed by atoms with Crippen LogP contribution >= 0.6 is 0 Å². The highest BCUT2D eigenvalue weighted by molar-refractivity contribution is 5.58. The van der Waals surface area contributed by atoms with Gasteiger partial charge in [0.05, 0.1) is 0 Å². The summed E-state index contributed by atoms with van der Waals surface area (Å²) in [6, 6.07) is 12.8. The van der Waals surface area contributed by atoms with Crippen LogP contribution in [0.2, 0.25) is 0 Å². The van der Waals surface area contributed by atoms with Gasteiger partial charge in [0, 0.05) is 36.6 Å². The molecule has 0 spiro atoms. The quantitative estimate of drug-likeness (QED) is 0.898. The molecule has 2 aromatic carbocycles. The van der Waals surface area contributed by atoms with Crippen molar-refractivity contribution < 1.29 is 9.50 Å². The van der Waals surface area contributed by atoms with Crippen molar-refractivity contribution in [1.82, 2.24) is 0 Å². The van der Waals surface area contributed by atoms with E-state index in [1.54, 1.807) is 12.1 Å². The van der Waals surface area contributed by atoms with Gasteiger partial charge in [-0.2, -0.15) is 0 Å². The van der Waals surface area contributed by atoms with Crippen LogP contribution in [0.25, 0.3) is 0 Å². The lowest BCUT2D eigenvalue weighted by atomic mass is 10.2. The van der Waals surface area contributed by atoms with Crippen molar-refractivity contribution in [1.29, 1.82) is 0 Å². The van der Waals surface area contributed by atoms with Gasteiger partial charge in [-0.3, -0.25) is 0 Å². The third-order valence-electron chi connectivity index (χ3n) is 3.87. The standard InChI is InChI=1S/C17H19FN2O/c18-16-8-3-5-13(17(16)21)12-19-14-6-4-7-15(11-14)20-9-1-2-10-20/h3-8,11,19,21H,1-2,9-10,12H2. The summed E-state index contributed by atoms with van der Waals surface area (Å²) in [6.07, 6.45) is 2.49. The molecule has 0 saturated carbocycles. The van der Waals surface area contributed by atoms with Gasteiger partial charge in [-0.25, -0.2) is 4.39 Å². The Hall–Kier alpha value is -2.23. The normalized spacial score (nSPS) is 14.4. The Morgan fingerprint density at radius 1 is 1.10 bits per heavy atom. The molecule has 0 bridgehead atoms. The van der Waals surface area contributed by atoms with E-state index in [1.165, 1.54) is 24.6 Å². The third-order valence-corrected chi connectivity index (χ3v) is 3.87. The molecule has 1 aliphatic rings. The number of benzene rings is 2. The molecule has 0 radical (unpaired) electrons. The van der Waals surface area contributed by atoms with E-state index in [0.29, 0.717) is 12.1 Å². The Labute approximate surface area is 124 Å². The first-order chi connectivity index (χ1) is 10.2. The molecule has 21 heavy (non-hydrogen) atoms. The molecule has 1 heterocycles. The van der Waals surface area contributed by atoms with Gasteiger partial charge in [-0.1, -0.05) is 18.2 Å². The van der Waals surface area contributed by atoms with E-state index in [-0.39, 0.29) is 5.75 Å². The largest absolute Gasteiger partial charge is 0.505 e. The summed E-state index contributed by atoms with van der Waals surface area (Å²) in [5.74, 6) is -0.860. The minimum Gasteiger partial charge on any atom is -0.505 e. The van der Waals surface area contributed by atoms with Gasteiger partial charge in [-0.05, 0) is 37.1 Å². The van der Waals surface area contributed by atoms with Crippen molar-refractivity contribution in [2.24, 2.45) is 0 Å². The molecule has 0 aromatic heterocycles. The minimum atomic E-state index is -0.583. The second kappa shape index (κ2) is 6.04. The molecule has 1 fully saturated rings. The maximum absolute atomic E-state index is 13.3. The van der Waals surface area contributed by atoms with Crippen molar-refractivity contribution in [2.45, 2.75) is 19.4 Å². The maximum Gasteiger partial charge on any atom is 0.165 e. The van der Waals surface area contributed by atoms with Gasteiger partial charge >= 0.3 is 0 Å². The lowest BCUT2D eigenvalue weighted by Crippen LogP contribution is -2.17. The summed E-state index contributed by atoms with van der Waals surface area (Å²) in [5, 5.41) is 12.9. The summed E-state index contributed by atoms with van der Waals surface area (Å²) < 4.78 is 13.3. The van der Waals surface area contributed by atoms with Crippen molar-refractivity contribution in [2.75, 3.05) is 23.3 Å². The highest BCUT2D eigenvalue weighted by Crippen LogP contribution is 2.25. The van der Waals surface area contributed by atoms with Crippen LogP contribution < -0.4 is 10.2 Å². The number of rotatable bonds is 4. The molecule has 1 aliphatic heterocycles. The van der Waals surface area contributed by atoms with Gasteiger partial charge in [0.15, 0.2) is 11.6 Å². The SMILES string of the molecule is Oc1c(F)cccc1CNc1cccc(N2CCCC2)c1. The van der Waals surface area contributed by atoms with Crippen molar-refractivity contribution in [3.8, 4) is 5.75 Å². The lowest BCUT2D eigenvalue weighted by molar-refractivity contribution is 0.427. The molecule has 0 atom stereocenters. The summed E-state index contributed by atoms with van der Waals surface area (Å²) in [6.45, 7) is 2.61. The topological polar surface area (TPSA) is 35.5 Å². The van der Waals surface area contributed by atoms with Crippen LogP contribution in [0, 0.1) is 5.82 Å². The Kier molecular flexibility index (Phi) is 3.95. The van der Waals surface area contributed by atoms with Crippen LogP contribution in [0.3, 0.4) is 0 Å². The molecule has 0 amide bonds. The molecule has 0 aliphatic carbocycles. The van der Waals surface area contributed by atoms with E-state index < -0.39 is 5.82 Å². The number of hydrogen-bond acceptors (Lipinski definition) is 3. The number of para-hydroxylation sites is 1. The highest BCUT2D eigenvalue weighted by atomic mass is 19.1. The van der Waals surface area contributed by atoms with Gasteiger partial charge in [0.1, 0.15) is 0 Å². The third kappa shape index (κ3) is 3.10. The molecule has 110 valence electrons. The van der Waals surface area contributed by atoms with Crippen LogP contribution in [0.4, 0.5) is 15.8 Å². The first-order valence-electron chi connectivity index (χ1n) is 7.29. The van der Waals surface area contributed by atoms with Gasteiger partial charge in [0.2, 0.25) is 0 Å². The van der Waals surface area contributed by atoms with Gasteiger partial charge in [-0.15, -0.1) is 0 Å². The van der Waals surface area contributed by atoms with E-state index in [0.717, 1.165) is 18.8 Å². The average molecular weight is 286 g/mol. The summed E-state index contributed by atoms with van der Waals surface area (Å²) >= 11 is 0. The predicted octanol–water partition coefficient (Wildman–Crippen LogP) is 3.74. The molecule has 3 rings (SSSR count). The fraction of sp³-hybridized carbons (Fsp3) is 0.294. The first-order valence-corrected chi connectivity index (χ1v) is 7.29. The number of phenols is 1. The van der Waals surface area contributed by atoms with E-state index in [1.807, 2.05) is 12.1 Å². The van der Waals surface area contributed by atoms with Crippen LogP contribution in [0.1, 0.15) is 18.4 Å². The van der Waals surface area contributed by atoms with E-state index in [4.69, 9.17) is 0 Å². The van der Waals surface area contributed by atoms with Crippen molar-refractivity contribution in [3.05, 3.63) is 53.8 Å². The lowest BCUT2D eigenvalue weighted by Gasteiger charge is -2.18. The maximum atomic E-state index is 13.3. The van der Waals surface area contributed by atoms with Crippen molar-refractivity contribution >= 4 is 11.4 Å². The van der Waals surface area contributed by atoms with E-state index in [9.17, 15) is 9.50 Å². The molecule has 0 unspecified atom stereocenters. The van der Waals surface area contributed by atoms with E-state index in [2.05, 4.69) is 22.3 Å². The molecular weight excluding hydrogens is 267 g/mol. The van der Waals surface area contributed by atoms with Crippen LogP contribution in [0.5, 0.6) is 5.75 Å². The molecule has 1 saturated heterocycles. The Morgan fingerprint density at radius 2 is 1.86 bits per heavy atom. The van der Waals surface area contributed by atoms with Crippen molar-refractivity contribution in [3.63, 3.8) is 0 Å². The molecule has 2 aromatic rings. The Morgan fingerprint density at radius 3 is 2.67 bits per heavy atom. The number of phenolic OH excluding ortho intramolecular Hbond substituents is 1. The van der Waals surface area contributed by atoms with Gasteiger partial charge in [0.25, 0.3) is 0 Å². The number of aromatic hydroxyl groups is 1. The number of nitrogens with one attached hydrogen (secondary N) is 1. The first kappa shape index (κ1) is 13.7. The Balaban J connectivity index is 1.70. The molecule has 4 heteroatoms. The molecule has 3 nitrogen and oxygen atoms in total. The zero-order valence-corrected chi connectivity index (χ0v) is 11.8. The number of halogens is 1. The highest BCUT2D eigenvalue weighted by Gasteiger charge is 2.12. The fourth-order valence-electron chi connectivity index (χ4n) is 2.69. The molecular formula is C17H19FN2O. The number of nitrogens with zero attached hydrogens (tertiary/aromatic N) is 1. The van der Waals surface area contributed by atoms with Crippen LogP contribution in [0.15, 0.2) is 42.5 Å². The number of anilines is 2. The number of hydrogen-bond donors (Lipinski definition) is 2. The van der Waals surface area contributed by atoms with Crippen LogP contribution in [-0.4, -0.2) is 18.2 Å². The summed E-state index contributed by atoms with van der Waals surface area (Å²) in [7, 11) is 0. The Bertz CT molecular complexity index is 624. The summed E-state index contributed by atoms with van der Waals surface area (Å²) in [4.78, 5) is 2.37. The fourth-order valence-corrected chi connectivity index (χ4v) is 2.69. The molecule has 2 N–H and O–H groups in total. The predicted molar refractivity (Wildman–Crippen MR) is 83.3 cm³/mol. The second-order valence-corrected chi connectivity index (χ2v) is 5.35. The minimum absolute atomic E-state index is 0.277. The zero-order valence-electron chi connectivity index (χ0n) is 11.8. The van der Waals surface area contributed by atoms with Crippen LogP contribution in [-0.2, 0) is 6.54 Å². The average Bonchev–Trinajstić information content (AvgIpc) is 3.03. The smallest absolute Gasteiger partial charge is 0.165 e. The zero-order chi connectivity index (χ0) is 14.7. The monoisotopic (exact) mass is 286 g/mol. The van der Waals surface area contributed by atoms with E-state index >= 15 is 0 Å².